The van der Waals surface area contributed by atoms with Crippen LogP contribution >= 0.6 is 11.6 Å². The van der Waals surface area contributed by atoms with Gasteiger partial charge >= 0.3 is 6.01 Å². The summed E-state index contributed by atoms with van der Waals surface area (Å²) in [4.78, 5) is 24.7. The number of aliphatic imine (C=N–C) groups is 1. The maximum atomic E-state index is 13.5. The molecule has 1 aliphatic heterocycles. The minimum atomic E-state index is -0.645. The first-order valence-corrected chi connectivity index (χ1v) is 11.8. The lowest BCUT2D eigenvalue weighted by Crippen LogP contribution is -2.37. The summed E-state index contributed by atoms with van der Waals surface area (Å²) in [6.07, 6.45) is 0. The minimum absolute atomic E-state index is 0.271. The average Bonchev–Trinajstić information content (AvgIpc) is 3.26. The van der Waals surface area contributed by atoms with Crippen LogP contribution in [0.5, 0.6) is 0 Å². The third-order valence-electron chi connectivity index (χ3n) is 5.85. The van der Waals surface area contributed by atoms with Gasteiger partial charge in [0.1, 0.15) is 11.6 Å². The number of benzene rings is 3. The molecule has 0 bridgehead atoms. The molecule has 3 aromatic carbocycles. The van der Waals surface area contributed by atoms with E-state index in [1.54, 1.807) is 6.07 Å². The molecule has 0 saturated heterocycles. The van der Waals surface area contributed by atoms with Gasteiger partial charge < -0.3 is 20.0 Å². The fourth-order valence-electron chi connectivity index (χ4n) is 4.02. The number of anilines is 3. The second-order valence-corrected chi connectivity index (χ2v) is 8.98. The number of para-hydroxylation sites is 2. The molecule has 5 rings (SSSR count). The minimum Gasteiger partial charge on any atom is -0.423 e. The van der Waals surface area contributed by atoms with Crippen molar-refractivity contribution in [1.82, 2.24) is 10.3 Å². The fraction of sp³-hybridized carbons (Fsp3) is 0.148. The molecule has 0 radical (unpaired) electrons. The van der Waals surface area contributed by atoms with Crippen molar-refractivity contribution in [2.75, 3.05) is 29.6 Å². The van der Waals surface area contributed by atoms with Gasteiger partial charge in [-0.1, -0.05) is 41.9 Å². The van der Waals surface area contributed by atoms with Crippen LogP contribution in [0.15, 0.2) is 93.5 Å². The summed E-state index contributed by atoms with van der Waals surface area (Å²) in [5.41, 5.74) is 4.92. The van der Waals surface area contributed by atoms with Crippen LogP contribution < -0.4 is 20.9 Å². The molecule has 1 atom stereocenters. The molecule has 0 spiro atoms. The zero-order valence-corrected chi connectivity index (χ0v) is 20.8. The van der Waals surface area contributed by atoms with Crippen LogP contribution in [0.2, 0.25) is 5.02 Å². The quantitative estimate of drug-likeness (QED) is 0.331. The molecule has 9 heteroatoms. The van der Waals surface area contributed by atoms with E-state index in [-0.39, 0.29) is 5.91 Å². The van der Waals surface area contributed by atoms with E-state index in [4.69, 9.17) is 21.0 Å². The van der Waals surface area contributed by atoms with E-state index < -0.39 is 6.04 Å². The summed E-state index contributed by atoms with van der Waals surface area (Å²) >= 11 is 6.54. The predicted octanol–water partition coefficient (Wildman–Crippen LogP) is 5.57. The third kappa shape index (κ3) is 4.76. The smallest absolute Gasteiger partial charge is 0.302 e. The molecule has 3 N–H and O–H groups in total. The number of oxazole rings is 1. The van der Waals surface area contributed by atoms with E-state index >= 15 is 0 Å². The maximum Gasteiger partial charge on any atom is 0.302 e. The second kappa shape index (κ2) is 9.75. The van der Waals surface area contributed by atoms with Crippen LogP contribution in [0.25, 0.3) is 11.1 Å². The first-order chi connectivity index (χ1) is 17.4. The summed E-state index contributed by atoms with van der Waals surface area (Å²) < 4.78 is 5.78. The van der Waals surface area contributed by atoms with Crippen molar-refractivity contribution in [2.45, 2.75) is 13.0 Å². The highest BCUT2D eigenvalue weighted by atomic mass is 35.5. The molecule has 1 aromatic heterocycles. The van der Waals surface area contributed by atoms with Gasteiger partial charge in [-0.25, -0.2) is 4.99 Å². The number of allylic oxidation sites excluding steroid dienone is 1. The van der Waals surface area contributed by atoms with Gasteiger partial charge in [0.25, 0.3) is 5.91 Å². The molecule has 1 aliphatic rings. The van der Waals surface area contributed by atoms with Crippen LogP contribution in [-0.2, 0) is 4.79 Å². The van der Waals surface area contributed by atoms with Crippen molar-refractivity contribution in [1.29, 1.82) is 0 Å². The van der Waals surface area contributed by atoms with Gasteiger partial charge in [0.2, 0.25) is 5.96 Å². The van der Waals surface area contributed by atoms with Crippen molar-refractivity contribution in [3.05, 3.63) is 94.7 Å². The first-order valence-electron chi connectivity index (χ1n) is 11.4. The fourth-order valence-corrected chi connectivity index (χ4v) is 4.26. The van der Waals surface area contributed by atoms with Crippen LogP contribution in [-0.4, -0.2) is 30.9 Å². The second-order valence-electron chi connectivity index (χ2n) is 8.57. The molecule has 2 heterocycles. The number of aromatic nitrogens is 1. The van der Waals surface area contributed by atoms with Crippen LogP contribution in [0.3, 0.4) is 0 Å². The number of hydrogen-bond acceptors (Lipinski definition) is 7. The molecule has 1 unspecified atom stereocenters. The third-order valence-corrected chi connectivity index (χ3v) is 6.19. The van der Waals surface area contributed by atoms with E-state index in [1.165, 1.54) is 0 Å². The Bertz CT molecular complexity index is 1460. The molecule has 0 aliphatic carbocycles. The van der Waals surface area contributed by atoms with Gasteiger partial charge in [0, 0.05) is 41.8 Å². The number of guanidine groups is 1. The van der Waals surface area contributed by atoms with Crippen LogP contribution in [0.1, 0.15) is 18.5 Å². The molecule has 0 fully saturated rings. The van der Waals surface area contributed by atoms with E-state index in [0.29, 0.717) is 45.1 Å². The molecular weight excluding hydrogens is 476 g/mol. The van der Waals surface area contributed by atoms with Gasteiger partial charge in [-0.05, 0) is 49.4 Å². The van der Waals surface area contributed by atoms with Gasteiger partial charge in [-0.2, -0.15) is 4.98 Å². The first kappa shape index (κ1) is 23.4. The Morgan fingerprint density at radius 3 is 2.47 bits per heavy atom. The van der Waals surface area contributed by atoms with E-state index in [0.717, 1.165) is 11.2 Å². The maximum absolute atomic E-state index is 13.5. The highest BCUT2D eigenvalue weighted by Gasteiger charge is 2.31. The number of halogens is 1. The van der Waals surface area contributed by atoms with Crippen molar-refractivity contribution >= 4 is 52.0 Å². The molecule has 36 heavy (non-hydrogen) atoms. The topological polar surface area (TPSA) is 94.8 Å². The van der Waals surface area contributed by atoms with Crippen molar-refractivity contribution in [2.24, 2.45) is 4.99 Å². The Labute approximate surface area is 213 Å². The summed E-state index contributed by atoms with van der Waals surface area (Å²) in [5, 5.41) is 9.78. The van der Waals surface area contributed by atoms with Gasteiger partial charge in [-0.15, -0.1) is 0 Å². The number of carbonyl (C=O) groups is 1. The van der Waals surface area contributed by atoms with E-state index in [9.17, 15) is 4.79 Å². The zero-order chi connectivity index (χ0) is 25.2. The van der Waals surface area contributed by atoms with Gasteiger partial charge in [-0.3, -0.25) is 10.1 Å². The standard InChI is InChI=1S/C27H25ClN6O2/c1-16-23(25(35)30-17-12-14-18(15-13-17)34(2)3)24(19-8-4-5-9-20(19)28)32-26(29-16)33-27-31-21-10-6-7-11-22(21)36-27/h4-15,24H,1-3H3,(H,30,35)(H2,29,31,32,33). The Hall–Kier alpha value is -4.30. The molecule has 182 valence electrons. The number of nitrogens with zero attached hydrogens (tertiary/aromatic N) is 3. The zero-order valence-electron chi connectivity index (χ0n) is 20.0. The highest BCUT2D eigenvalue weighted by Crippen LogP contribution is 2.35. The normalized spacial score (nSPS) is 15.3. The number of nitrogens with one attached hydrogen (secondary N) is 3. The molecule has 8 nitrogen and oxygen atoms in total. The SMILES string of the molecule is CC1=C(C(=O)Nc2ccc(N(C)C)cc2)C(c2ccccc2Cl)N=C(Nc2nc3ccccc3o2)N1. The average molecular weight is 501 g/mol. The van der Waals surface area contributed by atoms with Crippen LogP contribution in [0.4, 0.5) is 17.4 Å². The highest BCUT2D eigenvalue weighted by molar-refractivity contribution is 6.31. The Balaban J connectivity index is 1.46. The molecule has 0 saturated carbocycles. The van der Waals surface area contributed by atoms with Gasteiger partial charge in [0.15, 0.2) is 5.58 Å². The Morgan fingerprint density at radius 2 is 1.75 bits per heavy atom. The van der Waals surface area contributed by atoms with E-state index in [2.05, 4.69) is 20.9 Å². The molecule has 4 aromatic rings. The number of hydrogen-bond donors (Lipinski definition) is 3. The lowest BCUT2D eigenvalue weighted by molar-refractivity contribution is -0.113. The number of rotatable bonds is 5. The van der Waals surface area contributed by atoms with Crippen molar-refractivity contribution < 1.29 is 9.21 Å². The molecular formula is C27H25ClN6O2. The monoisotopic (exact) mass is 500 g/mol. The molecule has 1 amide bonds. The summed E-state index contributed by atoms with van der Waals surface area (Å²) in [7, 11) is 3.93. The lowest BCUT2D eigenvalue weighted by Gasteiger charge is -2.27. The number of amides is 1. The Morgan fingerprint density at radius 1 is 1.03 bits per heavy atom. The van der Waals surface area contributed by atoms with Crippen molar-refractivity contribution in [3.63, 3.8) is 0 Å². The summed E-state index contributed by atoms with van der Waals surface area (Å²) in [6, 6.07) is 22.1. The number of carbonyl (C=O) groups excluding carboxylic acids is 1. The van der Waals surface area contributed by atoms with Gasteiger partial charge in [0.05, 0.1) is 5.57 Å². The predicted molar refractivity (Wildman–Crippen MR) is 144 cm³/mol. The van der Waals surface area contributed by atoms with E-state index in [1.807, 2.05) is 92.6 Å². The largest absolute Gasteiger partial charge is 0.423 e. The lowest BCUT2D eigenvalue weighted by atomic mass is 9.95. The number of fused-ring (bicyclic) bond motifs is 1. The van der Waals surface area contributed by atoms with Crippen LogP contribution in [0, 0.1) is 0 Å². The Kier molecular flexibility index (Phi) is 6.35. The van der Waals surface area contributed by atoms with Crippen molar-refractivity contribution in [3.8, 4) is 0 Å². The summed E-state index contributed by atoms with van der Waals surface area (Å²) in [5.74, 6) is 0.128. The summed E-state index contributed by atoms with van der Waals surface area (Å²) in [6.45, 7) is 1.83.